The third-order valence-corrected chi connectivity index (χ3v) is 5.10. The molecule has 4 aromatic rings. The largest absolute Gasteiger partial charge is 0.465 e. The SMILES string of the molecule is COC(=O)c1ccc(NC(=O)Cc2cn(-c3ccccc3)nc2-c2ccc([N+](=O)[O-])cc2)cc1. The minimum Gasteiger partial charge on any atom is -0.465 e. The number of nitro benzene ring substituents is 1. The van der Waals surface area contributed by atoms with E-state index in [1.165, 1.54) is 19.2 Å². The van der Waals surface area contributed by atoms with Gasteiger partial charge in [-0.15, -0.1) is 0 Å². The molecule has 0 saturated carbocycles. The Labute approximate surface area is 194 Å². The Balaban J connectivity index is 1.60. The lowest BCUT2D eigenvalue weighted by atomic mass is 10.1. The molecule has 0 aliphatic heterocycles. The maximum Gasteiger partial charge on any atom is 0.337 e. The van der Waals surface area contributed by atoms with Gasteiger partial charge in [-0.05, 0) is 48.5 Å². The average molecular weight is 456 g/mol. The Hall–Kier alpha value is -4.79. The molecule has 0 aliphatic rings. The van der Waals surface area contributed by atoms with E-state index < -0.39 is 10.9 Å². The molecule has 1 aromatic heterocycles. The van der Waals surface area contributed by atoms with E-state index in [0.717, 1.165) is 5.69 Å². The van der Waals surface area contributed by atoms with Crippen molar-refractivity contribution < 1.29 is 19.2 Å². The molecule has 9 nitrogen and oxygen atoms in total. The van der Waals surface area contributed by atoms with Gasteiger partial charge in [0.1, 0.15) is 0 Å². The van der Waals surface area contributed by atoms with E-state index in [1.54, 1.807) is 47.3 Å². The molecule has 34 heavy (non-hydrogen) atoms. The van der Waals surface area contributed by atoms with Gasteiger partial charge < -0.3 is 10.1 Å². The fourth-order valence-corrected chi connectivity index (χ4v) is 3.42. The first-order valence-electron chi connectivity index (χ1n) is 10.3. The van der Waals surface area contributed by atoms with Gasteiger partial charge >= 0.3 is 5.97 Å². The molecule has 1 heterocycles. The highest BCUT2D eigenvalue weighted by Gasteiger charge is 2.17. The zero-order chi connectivity index (χ0) is 24.1. The number of benzene rings is 3. The molecular formula is C25H20N4O5. The standard InChI is InChI=1S/C25H20N4O5/c1-34-25(31)18-7-11-20(12-8-18)26-23(30)15-19-16-28(21-5-3-2-4-6-21)27-24(19)17-9-13-22(14-10-17)29(32)33/h2-14,16H,15H2,1H3,(H,26,30). The van der Waals surface area contributed by atoms with Crippen LogP contribution in [0.1, 0.15) is 15.9 Å². The number of carbonyl (C=O) groups excluding carboxylic acids is 2. The van der Waals surface area contributed by atoms with E-state index in [9.17, 15) is 19.7 Å². The lowest BCUT2D eigenvalue weighted by molar-refractivity contribution is -0.384. The summed E-state index contributed by atoms with van der Waals surface area (Å²) in [7, 11) is 1.30. The van der Waals surface area contributed by atoms with Crippen molar-refractivity contribution in [3.63, 3.8) is 0 Å². The number of nitrogens with one attached hydrogen (secondary N) is 1. The minimum atomic E-state index is -0.466. The minimum absolute atomic E-state index is 0.0257. The molecule has 3 aromatic carbocycles. The smallest absolute Gasteiger partial charge is 0.337 e. The first-order valence-corrected chi connectivity index (χ1v) is 10.3. The van der Waals surface area contributed by atoms with Gasteiger partial charge in [0, 0.05) is 35.1 Å². The predicted octanol–water partition coefficient (Wildman–Crippen LogP) is 4.42. The molecule has 170 valence electrons. The zero-order valence-corrected chi connectivity index (χ0v) is 18.2. The maximum absolute atomic E-state index is 12.8. The Kier molecular flexibility index (Phi) is 6.45. The summed E-state index contributed by atoms with van der Waals surface area (Å²) in [6.45, 7) is 0. The number of nitrogens with zero attached hydrogens (tertiary/aromatic N) is 3. The van der Waals surface area contributed by atoms with Gasteiger partial charge in [-0.1, -0.05) is 18.2 Å². The number of carbonyl (C=O) groups is 2. The first-order chi connectivity index (χ1) is 16.4. The van der Waals surface area contributed by atoms with Crippen LogP contribution >= 0.6 is 0 Å². The van der Waals surface area contributed by atoms with Crippen LogP contribution < -0.4 is 5.32 Å². The predicted molar refractivity (Wildman–Crippen MR) is 126 cm³/mol. The number of non-ortho nitro benzene ring substituents is 1. The van der Waals surface area contributed by atoms with Crippen LogP contribution in [-0.2, 0) is 16.0 Å². The van der Waals surface area contributed by atoms with Crippen molar-refractivity contribution in [2.45, 2.75) is 6.42 Å². The summed E-state index contributed by atoms with van der Waals surface area (Å²) in [4.78, 5) is 34.9. The van der Waals surface area contributed by atoms with Crippen molar-refractivity contribution in [1.82, 2.24) is 9.78 Å². The van der Waals surface area contributed by atoms with Gasteiger partial charge in [-0.3, -0.25) is 14.9 Å². The summed E-state index contributed by atoms with van der Waals surface area (Å²) in [5.74, 6) is -0.736. The van der Waals surface area contributed by atoms with Crippen LogP contribution in [0.5, 0.6) is 0 Å². The number of methoxy groups -OCH3 is 1. The van der Waals surface area contributed by atoms with Crippen molar-refractivity contribution in [2.75, 3.05) is 12.4 Å². The number of hydrogen-bond donors (Lipinski definition) is 1. The van der Waals surface area contributed by atoms with Gasteiger partial charge in [-0.25, -0.2) is 9.48 Å². The normalized spacial score (nSPS) is 10.5. The number of hydrogen-bond acceptors (Lipinski definition) is 6. The fourth-order valence-electron chi connectivity index (χ4n) is 3.42. The maximum atomic E-state index is 12.8. The van der Waals surface area contributed by atoms with Crippen molar-refractivity contribution in [3.05, 3.63) is 106 Å². The Morgan fingerprint density at radius 1 is 1.00 bits per heavy atom. The summed E-state index contributed by atoms with van der Waals surface area (Å²) in [5.41, 5.74) is 3.56. The van der Waals surface area contributed by atoms with Crippen LogP contribution in [0.3, 0.4) is 0 Å². The summed E-state index contributed by atoms with van der Waals surface area (Å²) in [6.07, 6.45) is 1.80. The fraction of sp³-hybridized carbons (Fsp3) is 0.0800. The van der Waals surface area contributed by atoms with E-state index in [-0.39, 0.29) is 18.0 Å². The molecule has 0 aliphatic carbocycles. The van der Waals surface area contributed by atoms with Crippen LogP contribution in [0, 0.1) is 10.1 Å². The van der Waals surface area contributed by atoms with Gasteiger partial charge in [0.15, 0.2) is 0 Å². The third-order valence-electron chi connectivity index (χ3n) is 5.10. The molecule has 0 spiro atoms. The van der Waals surface area contributed by atoms with Crippen LogP contribution in [0.2, 0.25) is 0 Å². The second kappa shape index (κ2) is 9.78. The number of aromatic nitrogens is 2. The number of amides is 1. The van der Waals surface area contributed by atoms with E-state index in [0.29, 0.717) is 28.1 Å². The molecule has 1 amide bonds. The summed E-state index contributed by atoms with van der Waals surface area (Å²) >= 11 is 0. The third kappa shape index (κ3) is 4.99. The number of nitro groups is 1. The second-order valence-corrected chi connectivity index (χ2v) is 7.38. The topological polar surface area (TPSA) is 116 Å². The summed E-state index contributed by atoms with van der Waals surface area (Å²) in [6, 6.07) is 21.8. The van der Waals surface area contributed by atoms with E-state index in [1.807, 2.05) is 30.3 Å². The molecule has 0 radical (unpaired) electrons. The first kappa shape index (κ1) is 22.4. The van der Waals surface area contributed by atoms with E-state index in [4.69, 9.17) is 0 Å². The molecule has 0 saturated heterocycles. The Bertz CT molecular complexity index is 1330. The number of para-hydroxylation sites is 1. The molecule has 0 fully saturated rings. The van der Waals surface area contributed by atoms with E-state index in [2.05, 4.69) is 15.2 Å². The zero-order valence-electron chi connectivity index (χ0n) is 18.2. The van der Waals surface area contributed by atoms with Crippen LogP contribution in [-0.4, -0.2) is 33.7 Å². The average Bonchev–Trinajstić information content (AvgIpc) is 3.28. The lowest BCUT2D eigenvalue weighted by Gasteiger charge is -2.06. The highest BCUT2D eigenvalue weighted by molar-refractivity contribution is 5.94. The van der Waals surface area contributed by atoms with Gasteiger partial charge in [0.2, 0.25) is 5.91 Å². The number of rotatable bonds is 7. The van der Waals surface area contributed by atoms with Crippen LogP contribution in [0.25, 0.3) is 16.9 Å². The van der Waals surface area contributed by atoms with Gasteiger partial charge in [0.05, 0.1) is 35.4 Å². The van der Waals surface area contributed by atoms with Crippen LogP contribution in [0.4, 0.5) is 11.4 Å². The second-order valence-electron chi connectivity index (χ2n) is 7.38. The highest BCUT2D eigenvalue weighted by Crippen LogP contribution is 2.26. The van der Waals surface area contributed by atoms with Gasteiger partial charge in [0.25, 0.3) is 5.69 Å². The molecule has 0 unspecified atom stereocenters. The van der Waals surface area contributed by atoms with Crippen molar-refractivity contribution in [2.24, 2.45) is 0 Å². The van der Waals surface area contributed by atoms with Crippen molar-refractivity contribution in [3.8, 4) is 16.9 Å². The molecular weight excluding hydrogens is 436 g/mol. The monoisotopic (exact) mass is 456 g/mol. The Morgan fingerprint density at radius 3 is 2.29 bits per heavy atom. The molecule has 0 atom stereocenters. The quantitative estimate of drug-likeness (QED) is 0.250. The number of esters is 1. The summed E-state index contributed by atoms with van der Waals surface area (Å²) in [5, 5.41) is 18.5. The van der Waals surface area contributed by atoms with Crippen molar-refractivity contribution >= 4 is 23.3 Å². The lowest BCUT2D eigenvalue weighted by Crippen LogP contribution is -2.14. The number of ether oxygens (including phenoxy) is 1. The van der Waals surface area contributed by atoms with Crippen molar-refractivity contribution in [1.29, 1.82) is 0 Å². The number of anilines is 1. The molecule has 0 bridgehead atoms. The highest BCUT2D eigenvalue weighted by atomic mass is 16.6. The molecule has 9 heteroatoms. The molecule has 4 rings (SSSR count). The van der Waals surface area contributed by atoms with Gasteiger partial charge in [-0.2, -0.15) is 5.10 Å². The van der Waals surface area contributed by atoms with Crippen LogP contribution in [0.15, 0.2) is 85.1 Å². The molecule has 1 N–H and O–H groups in total. The Morgan fingerprint density at radius 2 is 1.68 bits per heavy atom. The summed E-state index contributed by atoms with van der Waals surface area (Å²) < 4.78 is 6.35. The van der Waals surface area contributed by atoms with E-state index >= 15 is 0 Å².